The van der Waals surface area contributed by atoms with Crippen LogP contribution in [0.2, 0.25) is 4.34 Å². The van der Waals surface area contributed by atoms with Gasteiger partial charge < -0.3 is 4.90 Å². The molecule has 0 atom stereocenters. The van der Waals surface area contributed by atoms with Gasteiger partial charge in [-0.3, -0.25) is 18.7 Å². The molecular formula is C20H20ClN3O3S. The summed E-state index contributed by atoms with van der Waals surface area (Å²) < 4.78 is 3.16. The maximum Gasteiger partial charge on any atom is 0.331 e. The zero-order valence-corrected chi connectivity index (χ0v) is 17.0. The van der Waals surface area contributed by atoms with E-state index in [1.165, 1.54) is 15.9 Å². The standard InChI is InChI=1S/C20H20ClN3O3S/c1-3-11-22(12-14-9-10-17(21)28-14)18(25)13-24-16-8-6-5-7-15(16)19(26)23(4-2)20(24)27/h3,5-10H,1,4,11-13H2,2H3. The third kappa shape index (κ3) is 3.95. The molecule has 0 unspecified atom stereocenters. The summed E-state index contributed by atoms with van der Waals surface area (Å²) in [4.78, 5) is 40.9. The fourth-order valence-corrected chi connectivity index (χ4v) is 4.18. The number of para-hydroxylation sites is 1. The molecule has 0 spiro atoms. The molecule has 0 aliphatic carbocycles. The fourth-order valence-electron chi connectivity index (χ4n) is 3.07. The molecule has 1 amide bonds. The van der Waals surface area contributed by atoms with Gasteiger partial charge in [0.25, 0.3) is 5.56 Å². The summed E-state index contributed by atoms with van der Waals surface area (Å²) in [5.41, 5.74) is -0.381. The first kappa shape index (κ1) is 20.1. The van der Waals surface area contributed by atoms with E-state index in [0.29, 0.717) is 28.3 Å². The summed E-state index contributed by atoms with van der Waals surface area (Å²) >= 11 is 7.38. The Morgan fingerprint density at radius 3 is 2.61 bits per heavy atom. The topological polar surface area (TPSA) is 64.3 Å². The van der Waals surface area contributed by atoms with Crippen molar-refractivity contribution in [3.8, 4) is 0 Å². The molecule has 8 heteroatoms. The van der Waals surface area contributed by atoms with Crippen LogP contribution in [-0.4, -0.2) is 26.5 Å². The summed E-state index contributed by atoms with van der Waals surface area (Å²) in [6.07, 6.45) is 1.64. The van der Waals surface area contributed by atoms with Crippen molar-refractivity contribution in [2.45, 2.75) is 26.6 Å². The van der Waals surface area contributed by atoms with Crippen LogP contribution >= 0.6 is 22.9 Å². The molecule has 2 aromatic heterocycles. The number of aromatic nitrogens is 2. The molecule has 146 valence electrons. The molecule has 3 aromatic rings. The van der Waals surface area contributed by atoms with E-state index >= 15 is 0 Å². The van der Waals surface area contributed by atoms with Gasteiger partial charge in [-0.25, -0.2) is 4.79 Å². The molecule has 1 aromatic carbocycles. The fraction of sp³-hybridized carbons (Fsp3) is 0.250. The Morgan fingerprint density at radius 1 is 1.21 bits per heavy atom. The number of amides is 1. The highest BCUT2D eigenvalue weighted by Crippen LogP contribution is 2.23. The van der Waals surface area contributed by atoms with Gasteiger partial charge in [-0.2, -0.15) is 0 Å². The van der Waals surface area contributed by atoms with Crippen LogP contribution in [0.4, 0.5) is 0 Å². The molecule has 28 heavy (non-hydrogen) atoms. The van der Waals surface area contributed by atoms with Crippen molar-refractivity contribution < 1.29 is 4.79 Å². The number of nitrogens with zero attached hydrogens (tertiary/aromatic N) is 3. The van der Waals surface area contributed by atoms with Crippen LogP contribution < -0.4 is 11.2 Å². The van der Waals surface area contributed by atoms with Gasteiger partial charge in [-0.05, 0) is 31.2 Å². The Labute approximate surface area is 170 Å². The number of hydrogen-bond acceptors (Lipinski definition) is 4. The minimum Gasteiger partial charge on any atom is -0.332 e. The molecule has 0 bridgehead atoms. The van der Waals surface area contributed by atoms with E-state index in [2.05, 4.69) is 6.58 Å². The molecule has 0 saturated carbocycles. The number of carbonyl (C=O) groups excluding carboxylic acids is 1. The van der Waals surface area contributed by atoms with Crippen LogP contribution in [0.15, 0.2) is 58.6 Å². The van der Waals surface area contributed by atoms with E-state index < -0.39 is 5.69 Å². The lowest BCUT2D eigenvalue weighted by molar-refractivity contribution is -0.131. The van der Waals surface area contributed by atoms with E-state index in [4.69, 9.17) is 11.6 Å². The second-order valence-electron chi connectivity index (χ2n) is 6.20. The van der Waals surface area contributed by atoms with Crippen molar-refractivity contribution in [3.63, 3.8) is 0 Å². The molecule has 0 N–H and O–H groups in total. The maximum atomic E-state index is 13.0. The molecule has 0 aliphatic heterocycles. The summed E-state index contributed by atoms with van der Waals surface area (Å²) in [5, 5.41) is 0.414. The Kier molecular flexibility index (Phi) is 6.16. The van der Waals surface area contributed by atoms with Gasteiger partial charge in [0.2, 0.25) is 5.91 Å². The Balaban J connectivity index is 2.00. The van der Waals surface area contributed by atoms with Crippen LogP contribution in [0.1, 0.15) is 11.8 Å². The van der Waals surface area contributed by atoms with Crippen molar-refractivity contribution in [1.82, 2.24) is 14.0 Å². The van der Waals surface area contributed by atoms with E-state index in [1.54, 1.807) is 48.2 Å². The van der Waals surface area contributed by atoms with Gasteiger partial charge in [-0.1, -0.05) is 29.8 Å². The lowest BCUT2D eigenvalue weighted by Crippen LogP contribution is -2.43. The predicted molar refractivity (Wildman–Crippen MR) is 113 cm³/mol. The lowest BCUT2D eigenvalue weighted by Gasteiger charge is -2.22. The van der Waals surface area contributed by atoms with Gasteiger partial charge in [0, 0.05) is 18.0 Å². The molecule has 3 rings (SSSR count). The minimum absolute atomic E-state index is 0.160. The predicted octanol–water partition coefficient (Wildman–Crippen LogP) is 3.11. The zero-order chi connectivity index (χ0) is 20.3. The van der Waals surface area contributed by atoms with Crippen molar-refractivity contribution in [2.75, 3.05) is 6.54 Å². The highest BCUT2D eigenvalue weighted by Gasteiger charge is 2.18. The highest BCUT2D eigenvalue weighted by molar-refractivity contribution is 7.16. The summed E-state index contributed by atoms with van der Waals surface area (Å²) in [5.74, 6) is -0.238. The van der Waals surface area contributed by atoms with E-state index in [1.807, 2.05) is 6.07 Å². The largest absolute Gasteiger partial charge is 0.332 e. The molecule has 2 heterocycles. The van der Waals surface area contributed by atoms with Crippen molar-refractivity contribution in [1.29, 1.82) is 0 Å². The van der Waals surface area contributed by atoms with Crippen LogP contribution in [-0.2, 0) is 24.4 Å². The second kappa shape index (κ2) is 8.58. The Hall–Kier alpha value is -2.64. The van der Waals surface area contributed by atoms with Gasteiger partial charge in [0.1, 0.15) is 6.54 Å². The van der Waals surface area contributed by atoms with Gasteiger partial charge in [0.15, 0.2) is 0 Å². The van der Waals surface area contributed by atoms with E-state index in [9.17, 15) is 14.4 Å². The molecule has 0 aliphatic rings. The summed E-state index contributed by atoms with van der Waals surface area (Å²) in [6.45, 7) is 6.24. The Bertz CT molecular complexity index is 1150. The van der Waals surface area contributed by atoms with E-state index in [0.717, 1.165) is 9.44 Å². The molecular weight excluding hydrogens is 398 g/mol. The third-order valence-corrected chi connectivity index (χ3v) is 5.64. The Morgan fingerprint density at radius 2 is 1.96 bits per heavy atom. The highest BCUT2D eigenvalue weighted by atomic mass is 35.5. The summed E-state index contributed by atoms with van der Waals surface area (Å²) in [7, 11) is 0. The van der Waals surface area contributed by atoms with Crippen molar-refractivity contribution in [2.24, 2.45) is 0 Å². The minimum atomic E-state index is -0.489. The number of hydrogen-bond donors (Lipinski definition) is 0. The lowest BCUT2D eigenvalue weighted by atomic mass is 10.2. The smallest absolute Gasteiger partial charge is 0.331 e. The van der Waals surface area contributed by atoms with E-state index in [-0.39, 0.29) is 24.6 Å². The quantitative estimate of drug-likeness (QED) is 0.555. The van der Waals surface area contributed by atoms with Crippen molar-refractivity contribution >= 4 is 39.7 Å². The first-order valence-electron chi connectivity index (χ1n) is 8.81. The number of benzene rings is 1. The monoisotopic (exact) mass is 417 g/mol. The van der Waals surface area contributed by atoms with Gasteiger partial charge in [-0.15, -0.1) is 17.9 Å². The zero-order valence-electron chi connectivity index (χ0n) is 15.4. The third-order valence-electron chi connectivity index (χ3n) is 4.42. The summed E-state index contributed by atoms with van der Waals surface area (Å²) in [6, 6.07) is 10.5. The first-order valence-corrected chi connectivity index (χ1v) is 10.0. The normalized spacial score (nSPS) is 10.9. The first-order chi connectivity index (χ1) is 13.5. The average molecular weight is 418 g/mol. The average Bonchev–Trinajstić information content (AvgIpc) is 3.10. The van der Waals surface area contributed by atoms with Crippen LogP contribution in [0.25, 0.3) is 10.9 Å². The second-order valence-corrected chi connectivity index (χ2v) is 8.00. The molecule has 6 nitrogen and oxygen atoms in total. The number of carbonyl (C=O) groups is 1. The number of thiophene rings is 1. The molecule has 0 fully saturated rings. The van der Waals surface area contributed by atoms with Gasteiger partial charge >= 0.3 is 5.69 Å². The maximum absolute atomic E-state index is 13.0. The van der Waals surface area contributed by atoms with Gasteiger partial charge in [0.05, 0.1) is 21.8 Å². The van der Waals surface area contributed by atoms with Crippen molar-refractivity contribution in [3.05, 3.63) is 79.1 Å². The number of rotatable bonds is 7. The number of halogens is 1. The molecule has 0 saturated heterocycles. The SMILES string of the molecule is C=CCN(Cc1ccc(Cl)s1)C(=O)Cn1c(=O)n(CC)c(=O)c2ccccc21. The van der Waals surface area contributed by atoms with Crippen LogP contribution in [0.3, 0.4) is 0 Å². The number of fused-ring (bicyclic) bond motifs is 1. The molecule has 0 radical (unpaired) electrons. The van der Waals surface area contributed by atoms with Crippen LogP contribution in [0, 0.1) is 0 Å². The van der Waals surface area contributed by atoms with Crippen LogP contribution in [0.5, 0.6) is 0 Å².